The lowest BCUT2D eigenvalue weighted by Gasteiger charge is -2.47. The number of nitrogens with one attached hydrogen (secondary N) is 1. The number of hydrogen-bond acceptors (Lipinski definition) is 12. The molecule has 13 atom stereocenters. The molecule has 0 bridgehead atoms. The zero-order valence-corrected chi connectivity index (χ0v) is 33.4. The minimum Gasteiger partial charge on any atom is -0.459 e. The van der Waals surface area contributed by atoms with E-state index >= 15 is 0 Å². The van der Waals surface area contributed by atoms with Crippen molar-refractivity contribution in [1.82, 2.24) is 15.2 Å². The number of esters is 1. The lowest BCUT2D eigenvalue weighted by Crippen LogP contribution is -2.60. The second-order valence-corrected chi connectivity index (χ2v) is 15.9. The standard InChI is InChI=1S/C41H61N3O10/c1-11-32-41(8,50)35(47)27(6)43-37(48)23(2)22-40(7,51-20-14-15-28-18-19-42-30-17-13-12-16-29(28)30)36(25(4)33(45)26(5)38(49)53-32)54-39-34(46)31(44(9)10)21-24(3)52-39/h12-19,23-27,31-32,34-36,39,46-47,50H,11,20-22H2,1-10H3,(H,43,48). The van der Waals surface area contributed by atoms with Crippen molar-refractivity contribution in [2.45, 2.75) is 135 Å². The number of carbonyl (C=O) groups excluding carboxylic acids is 3. The molecule has 2 saturated heterocycles. The number of Topliss-reactive ketones (excluding diaryl/α,β-unsaturated/α-hetero) is 1. The van der Waals surface area contributed by atoms with E-state index < -0.39 is 83.4 Å². The Bertz CT molecular complexity index is 1630. The van der Waals surface area contributed by atoms with Crippen molar-refractivity contribution in [2.24, 2.45) is 17.8 Å². The first-order valence-electron chi connectivity index (χ1n) is 19.1. The van der Waals surface area contributed by atoms with Crippen LogP contribution in [0, 0.1) is 17.8 Å². The van der Waals surface area contributed by atoms with Crippen LogP contribution in [0.1, 0.15) is 80.2 Å². The maximum Gasteiger partial charge on any atom is 0.316 e. The van der Waals surface area contributed by atoms with E-state index in [1.807, 2.05) is 68.4 Å². The fraction of sp³-hybridized carbons (Fsp3) is 0.659. The summed E-state index contributed by atoms with van der Waals surface area (Å²) < 4.78 is 25.3. The van der Waals surface area contributed by atoms with E-state index in [0.29, 0.717) is 6.42 Å². The highest BCUT2D eigenvalue weighted by Crippen LogP contribution is 2.37. The van der Waals surface area contributed by atoms with Crippen LogP contribution in [-0.2, 0) is 33.3 Å². The number of nitrogens with zero attached hydrogens (tertiary/aromatic N) is 2. The molecular weight excluding hydrogens is 694 g/mol. The lowest BCUT2D eigenvalue weighted by atomic mass is 9.78. The Hall–Kier alpha value is -3.30. The zero-order chi connectivity index (χ0) is 40.1. The Morgan fingerprint density at radius 2 is 1.74 bits per heavy atom. The number of carbonyl (C=O) groups is 3. The molecule has 2 aliphatic heterocycles. The summed E-state index contributed by atoms with van der Waals surface area (Å²) in [6.07, 6.45) is -0.251. The molecule has 1 amide bonds. The maximum absolute atomic E-state index is 14.4. The van der Waals surface area contributed by atoms with Crippen molar-refractivity contribution in [2.75, 3.05) is 20.7 Å². The number of aliphatic hydroxyl groups is 3. The molecule has 0 saturated carbocycles. The molecule has 300 valence electrons. The van der Waals surface area contributed by atoms with Crippen molar-refractivity contribution in [1.29, 1.82) is 0 Å². The maximum atomic E-state index is 14.4. The zero-order valence-electron chi connectivity index (χ0n) is 33.4. The average Bonchev–Trinajstić information content (AvgIpc) is 3.13. The van der Waals surface area contributed by atoms with Gasteiger partial charge in [0, 0.05) is 29.5 Å². The predicted molar refractivity (Wildman–Crippen MR) is 204 cm³/mol. The molecule has 4 rings (SSSR count). The molecule has 2 fully saturated rings. The Kier molecular flexibility index (Phi) is 14.6. The normalized spacial score (nSPS) is 37.9. The number of rotatable bonds is 8. The average molecular weight is 756 g/mol. The highest BCUT2D eigenvalue weighted by molar-refractivity contribution is 6.00. The molecule has 13 heteroatoms. The van der Waals surface area contributed by atoms with Crippen molar-refractivity contribution < 1.29 is 48.7 Å². The van der Waals surface area contributed by atoms with Gasteiger partial charge < -0.3 is 44.5 Å². The van der Waals surface area contributed by atoms with Gasteiger partial charge in [-0.1, -0.05) is 51.1 Å². The van der Waals surface area contributed by atoms with Gasteiger partial charge in [-0.15, -0.1) is 0 Å². The summed E-state index contributed by atoms with van der Waals surface area (Å²) in [7, 11) is 3.72. The van der Waals surface area contributed by atoms with Crippen LogP contribution in [0.15, 0.2) is 42.6 Å². The number of fused-ring (bicyclic) bond motifs is 1. The first-order valence-corrected chi connectivity index (χ1v) is 19.1. The lowest BCUT2D eigenvalue weighted by molar-refractivity contribution is -0.296. The number of ether oxygens (including phenoxy) is 4. The number of hydrogen-bond donors (Lipinski definition) is 4. The van der Waals surface area contributed by atoms with Gasteiger partial charge in [0.25, 0.3) is 0 Å². The van der Waals surface area contributed by atoms with Crippen LogP contribution in [-0.4, -0.2) is 124 Å². The van der Waals surface area contributed by atoms with Gasteiger partial charge in [0.1, 0.15) is 29.8 Å². The largest absolute Gasteiger partial charge is 0.459 e. The summed E-state index contributed by atoms with van der Waals surface area (Å²) >= 11 is 0. The fourth-order valence-electron chi connectivity index (χ4n) is 7.88. The van der Waals surface area contributed by atoms with Gasteiger partial charge in [-0.2, -0.15) is 0 Å². The monoisotopic (exact) mass is 755 g/mol. The Morgan fingerprint density at radius 1 is 1.06 bits per heavy atom. The number of aromatic nitrogens is 1. The van der Waals surface area contributed by atoms with Crippen molar-refractivity contribution in [3.05, 3.63) is 48.2 Å². The minimum atomic E-state index is -1.96. The van der Waals surface area contributed by atoms with E-state index in [1.165, 1.54) is 13.8 Å². The van der Waals surface area contributed by atoms with Crippen LogP contribution in [0.5, 0.6) is 0 Å². The van der Waals surface area contributed by atoms with Crippen LogP contribution in [0.4, 0.5) is 0 Å². The highest BCUT2D eigenvalue weighted by atomic mass is 16.7. The van der Waals surface area contributed by atoms with E-state index in [0.717, 1.165) is 16.5 Å². The Labute approximate surface area is 319 Å². The number of benzene rings is 1. The summed E-state index contributed by atoms with van der Waals surface area (Å²) in [5.74, 6) is -4.95. The summed E-state index contributed by atoms with van der Waals surface area (Å²) in [4.78, 5) is 48.1. The van der Waals surface area contributed by atoms with Crippen LogP contribution in [0.2, 0.25) is 0 Å². The third-order valence-electron chi connectivity index (χ3n) is 11.2. The molecular formula is C41H61N3O10. The molecule has 2 aliphatic rings. The van der Waals surface area contributed by atoms with Crippen LogP contribution in [0.3, 0.4) is 0 Å². The SMILES string of the molecule is CCC1OC(=O)C(C)C(=O)C(C)C(OC2OC(C)CC(N(C)C)C2O)C(C)(OCC=Cc2ccnc3ccccc23)CC(C)C(=O)NC(C)C(O)C1(C)O. The van der Waals surface area contributed by atoms with Gasteiger partial charge in [0.05, 0.1) is 36.0 Å². The van der Waals surface area contributed by atoms with E-state index in [1.54, 1.807) is 40.8 Å². The fourth-order valence-corrected chi connectivity index (χ4v) is 7.88. The number of pyridine rings is 1. The number of likely N-dealkylation sites (N-methyl/N-ethyl adjacent to an activating group) is 1. The third-order valence-corrected chi connectivity index (χ3v) is 11.2. The van der Waals surface area contributed by atoms with Gasteiger partial charge in [0.15, 0.2) is 12.1 Å². The Balaban J connectivity index is 1.79. The molecule has 3 heterocycles. The Morgan fingerprint density at radius 3 is 2.41 bits per heavy atom. The number of amides is 1. The number of para-hydroxylation sites is 1. The van der Waals surface area contributed by atoms with Crippen LogP contribution >= 0.6 is 0 Å². The summed E-state index contributed by atoms with van der Waals surface area (Å²) in [5, 5.41) is 38.0. The van der Waals surface area contributed by atoms with Gasteiger partial charge in [-0.3, -0.25) is 19.4 Å². The van der Waals surface area contributed by atoms with Crippen molar-refractivity contribution >= 4 is 34.6 Å². The second kappa shape index (κ2) is 18.1. The predicted octanol–water partition coefficient (Wildman–Crippen LogP) is 3.65. The van der Waals surface area contributed by atoms with Gasteiger partial charge in [0.2, 0.25) is 5.91 Å². The topological polar surface area (TPSA) is 177 Å². The van der Waals surface area contributed by atoms with Crippen LogP contribution < -0.4 is 5.32 Å². The molecule has 0 aliphatic carbocycles. The molecule has 0 spiro atoms. The van der Waals surface area contributed by atoms with E-state index in [-0.39, 0.29) is 31.6 Å². The van der Waals surface area contributed by atoms with Gasteiger partial charge in [-0.25, -0.2) is 0 Å². The summed E-state index contributed by atoms with van der Waals surface area (Å²) in [5.41, 5.74) is -1.59. The minimum absolute atomic E-state index is 0.0260. The molecule has 1 aromatic heterocycles. The molecule has 13 nitrogen and oxygen atoms in total. The van der Waals surface area contributed by atoms with E-state index in [4.69, 9.17) is 18.9 Å². The van der Waals surface area contributed by atoms with Gasteiger partial charge >= 0.3 is 5.97 Å². The second-order valence-electron chi connectivity index (χ2n) is 15.9. The molecule has 4 N–H and O–H groups in total. The summed E-state index contributed by atoms with van der Waals surface area (Å²) in [6, 6.07) is 8.39. The van der Waals surface area contributed by atoms with Crippen LogP contribution in [0.25, 0.3) is 17.0 Å². The smallest absolute Gasteiger partial charge is 0.316 e. The molecule has 2 aromatic rings. The van der Waals surface area contributed by atoms with Gasteiger partial charge in [-0.05, 0) is 85.7 Å². The number of cyclic esters (lactones) is 1. The quantitative estimate of drug-likeness (QED) is 0.228. The first-order chi connectivity index (χ1) is 25.3. The molecule has 54 heavy (non-hydrogen) atoms. The number of aliphatic hydroxyl groups excluding tert-OH is 2. The number of ketones is 1. The first kappa shape index (κ1) is 43.4. The van der Waals surface area contributed by atoms with E-state index in [2.05, 4.69) is 10.3 Å². The van der Waals surface area contributed by atoms with E-state index in [9.17, 15) is 29.7 Å². The molecule has 1 aromatic carbocycles. The van der Waals surface area contributed by atoms with Crippen molar-refractivity contribution in [3.63, 3.8) is 0 Å². The molecule has 0 radical (unpaired) electrons. The van der Waals surface area contributed by atoms with Crippen molar-refractivity contribution in [3.8, 4) is 0 Å². The highest BCUT2D eigenvalue weighted by Gasteiger charge is 2.51. The third kappa shape index (κ3) is 9.73. The summed E-state index contributed by atoms with van der Waals surface area (Å²) in [6.45, 7) is 13.0. The molecule has 13 unspecified atom stereocenters.